The van der Waals surface area contributed by atoms with E-state index in [0.29, 0.717) is 37.9 Å². The molecule has 162 valence electrons. The van der Waals surface area contributed by atoms with E-state index < -0.39 is 16.1 Å². The van der Waals surface area contributed by atoms with E-state index in [-0.39, 0.29) is 10.8 Å². The third kappa shape index (κ3) is 5.38. The van der Waals surface area contributed by atoms with E-state index in [0.717, 1.165) is 5.69 Å². The smallest absolute Gasteiger partial charge is 0.246 e. The first-order valence-corrected chi connectivity index (χ1v) is 11.6. The van der Waals surface area contributed by atoms with Crippen LogP contribution in [0.1, 0.15) is 32.3 Å². The van der Waals surface area contributed by atoms with E-state index in [1.54, 1.807) is 25.1 Å². The van der Waals surface area contributed by atoms with Gasteiger partial charge in [0.25, 0.3) is 0 Å². The first kappa shape index (κ1) is 22.3. The van der Waals surface area contributed by atoms with E-state index in [2.05, 4.69) is 24.5 Å². The van der Waals surface area contributed by atoms with Crippen molar-refractivity contribution in [2.75, 3.05) is 36.9 Å². The number of nitrogens with zero attached hydrogens (tertiary/aromatic N) is 1. The fraction of sp³-hybridized carbons (Fsp3) is 0.409. The lowest BCUT2D eigenvalue weighted by molar-refractivity contribution is -0.116. The Labute approximate surface area is 178 Å². The molecule has 3 rings (SSSR count). The molecule has 1 atom stereocenters. The van der Waals surface area contributed by atoms with Crippen molar-refractivity contribution >= 4 is 27.3 Å². The Hall–Kier alpha value is -2.42. The molecule has 0 aliphatic carbocycles. The minimum atomic E-state index is -3.61. The van der Waals surface area contributed by atoms with E-state index in [9.17, 15) is 13.2 Å². The lowest BCUT2D eigenvalue weighted by Crippen LogP contribution is -2.40. The molecule has 1 fully saturated rings. The van der Waals surface area contributed by atoms with Crippen LogP contribution in [0, 0.1) is 0 Å². The maximum absolute atomic E-state index is 12.8. The second-order valence-electron chi connectivity index (χ2n) is 7.68. The van der Waals surface area contributed by atoms with Crippen molar-refractivity contribution in [3.05, 3.63) is 54.1 Å². The van der Waals surface area contributed by atoms with Gasteiger partial charge in [0.15, 0.2) is 0 Å². The molecule has 2 aromatic rings. The summed E-state index contributed by atoms with van der Waals surface area (Å²) in [5, 5.41) is 5.97. The minimum Gasteiger partial charge on any atom is -0.379 e. The highest BCUT2D eigenvalue weighted by Crippen LogP contribution is 2.21. The van der Waals surface area contributed by atoms with Gasteiger partial charge in [-0.3, -0.25) is 4.79 Å². The summed E-state index contributed by atoms with van der Waals surface area (Å²) in [4.78, 5) is 12.8. The number of amides is 1. The number of anilines is 2. The van der Waals surface area contributed by atoms with Crippen LogP contribution in [0.4, 0.5) is 11.4 Å². The zero-order chi connectivity index (χ0) is 21.7. The van der Waals surface area contributed by atoms with Crippen molar-refractivity contribution in [2.45, 2.75) is 37.6 Å². The zero-order valence-electron chi connectivity index (χ0n) is 17.6. The van der Waals surface area contributed by atoms with Crippen LogP contribution in [0.3, 0.4) is 0 Å². The largest absolute Gasteiger partial charge is 0.379 e. The molecule has 1 amide bonds. The van der Waals surface area contributed by atoms with Gasteiger partial charge in [-0.15, -0.1) is 0 Å². The Kier molecular flexibility index (Phi) is 7.12. The average Bonchev–Trinajstić information content (AvgIpc) is 2.75. The number of sulfonamides is 1. The van der Waals surface area contributed by atoms with Crippen molar-refractivity contribution in [1.82, 2.24) is 4.31 Å². The summed E-state index contributed by atoms with van der Waals surface area (Å²) in [5.41, 5.74) is 2.53. The molecule has 0 spiro atoms. The fourth-order valence-corrected chi connectivity index (χ4v) is 4.66. The van der Waals surface area contributed by atoms with Crippen LogP contribution < -0.4 is 10.6 Å². The predicted octanol–water partition coefficient (Wildman–Crippen LogP) is 3.27. The summed E-state index contributed by atoms with van der Waals surface area (Å²) in [6.07, 6.45) is 0. The van der Waals surface area contributed by atoms with Crippen LogP contribution in [0.2, 0.25) is 0 Å². The molecule has 0 unspecified atom stereocenters. The van der Waals surface area contributed by atoms with Crippen LogP contribution in [-0.4, -0.2) is 51.0 Å². The molecular weight excluding hydrogens is 402 g/mol. The first-order chi connectivity index (χ1) is 14.3. The molecule has 0 saturated carbocycles. The zero-order valence-corrected chi connectivity index (χ0v) is 18.4. The van der Waals surface area contributed by atoms with Gasteiger partial charge in [0.1, 0.15) is 6.04 Å². The SMILES string of the molecule is CC(C)c1ccc(N[C@H](C)C(=O)Nc2cccc(S(=O)(=O)N3CCOCC3)c2)cc1. The van der Waals surface area contributed by atoms with Crippen LogP contribution >= 0.6 is 0 Å². The standard InChI is InChI=1S/C22H29N3O4S/c1-16(2)18-7-9-19(10-8-18)23-17(3)22(26)24-20-5-4-6-21(15-20)30(27,28)25-11-13-29-14-12-25/h4-10,15-17,23H,11-14H2,1-3H3,(H,24,26)/t17-/m1/s1. The molecule has 1 saturated heterocycles. The summed E-state index contributed by atoms with van der Waals surface area (Å²) < 4.78 is 32.3. The Morgan fingerprint density at radius 2 is 1.67 bits per heavy atom. The van der Waals surface area contributed by atoms with Gasteiger partial charge in [0.2, 0.25) is 15.9 Å². The van der Waals surface area contributed by atoms with Gasteiger partial charge < -0.3 is 15.4 Å². The topological polar surface area (TPSA) is 87.7 Å². The lowest BCUT2D eigenvalue weighted by atomic mass is 10.0. The summed E-state index contributed by atoms with van der Waals surface area (Å²) >= 11 is 0. The number of benzene rings is 2. The van der Waals surface area contributed by atoms with Gasteiger partial charge in [-0.1, -0.05) is 32.0 Å². The maximum atomic E-state index is 12.8. The van der Waals surface area contributed by atoms with Gasteiger partial charge in [-0.05, 0) is 48.7 Å². The molecule has 2 N–H and O–H groups in total. The minimum absolute atomic E-state index is 0.159. The molecule has 0 radical (unpaired) electrons. The maximum Gasteiger partial charge on any atom is 0.246 e. The van der Waals surface area contributed by atoms with Crippen LogP contribution in [-0.2, 0) is 19.6 Å². The average molecular weight is 432 g/mol. The summed E-state index contributed by atoms with van der Waals surface area (Å²) in [7, 11) is -3.61. The number of ether oxygens (including phenoxy) is 1. The van der Waals surface area contributed by atoms with Crippen molar-refractivity contribution in [2.24, 2.45) is 0 Å². The van der Waals surface area contributed by atoms with E-state index in [4.69, 9.17) is 4.74 Å². The number of nitrogens with one attached hydrogen (secondary N) is 2. The fourth-order valence-electron chi connectivity index (χ4n) is 3.20. The summed E-state index contributed by atoms with van der Waals surface area (Å²) in [6.45, 7) is 7.46. The molecule has 30 heavy (non-hydrogen) atoms. The van der Waals surface area contributed by atoms with Crippen molar-refractivity contribution in [1.29, 1.82) is 0 Å². The summed E-state index contributed by atoms with van der Waals surface area (Å²) in [5.74, 6) is 0.199. The monoisotopic (exact) mass is 431 g/mol. The normalized spacial score (nSPS) is 16.3. The van der Waals surface area contributed by atoms with Gasteiger partial charge in [-0.25, -0.2) is 8.42 Å². The van der Waals surface area contributed by atoms with Crippen molar-refractivity contribution in [3.8, 4) is 0 Å². The van der Waals surface area contributed by atoms with E-state index >= 15 is 0 Å². The molecule has 1 aliphatic heterocycles. The lowest BCUT2D eigenvalue weighted by Gasteiger charge is -2.26. The Balaban J connectivity index is 1.65. The Morgan fingerprint density at radius 3 is 2.30 bits per heavy atom. The predicted molar refractivity (Wildman–Crippen MR) is 118 cm³/mol. The van der Waals surface area contributed by atoms with Crippen LogP contribution in [0.25, 0.3) is 0 Å². The van der Waals surface area contributed by atoms with Crippen LogP contribution in [0.15, 0.2) is 53.4 Å². The number of hydrogen-bond donors (Lipinski definition) is 2. The van der Waals surface area contributed by atoms with Crippen LogP contribution in [0.5, 0.6) is 0 Å². The number of carbonyl (C=O) groups excluding carboxylic acids is 1. The molecule has 1 aliphatic rings. The second kappa shape index (κ2) is 9.59. The Bertz CT molecular complexity index is 968. The Morgan fingerprint density at radius 1 is 1.00 bits per heavy atom. The second-order valence-corrected chi connectivity index (χ2v) is 9.61. The quantitative estimate of drug-likeness (QED) is 0.703. The number of morpholine rings is 1. The highest BCUT2D eigenvalue weighted by Gasteiger charge is 2.26. The summed E-state index contributed by atoms with van der Waals surface area (Å²) in [6, 6.07) is 13.8. The molecule has 8 heteroatoms. The molecule has 2 aromatic carbocycles. The van der Waals surface area contributed by atoms with Gasteiger partial charge in [0, 0.05) is 24.5 Å². The van der Waals surface area contributed by atoms with E-state index in [1.807, 2.05) is 24.3 Å². The van der Waals surface area contributed by atoms with Crippen molar-refractivity contribution in [3.63, 3.8) is 0 Å². The number of hydrogen-bond acceptors (Lipinski definition) is 5. The van der Waals surface area contributed by atoms with E-state index in [1.165, 1.54) is 15.9 Å². The number of rotatable bonds is 7. The number of carbonyl (C=O) groups is 1. The third-order valence-electron chi connectivity index (χ3n) is 5.06. The first-order valence-electron chi connectivity index (χ1n) is 10.1. The highest BCUT2D eigenvalue weighted by molar-refractivity contribution is 7.89. The van der Waals surface area contributed by atoms with Gasteiger partial charge >= 0.3 is 0 Å². The third-order valence-corrected chi connectivity index (χ3v) is 6.96. The molecular formula is C22H29N3O4S. The van der Waals surface area contributed by atoms with Crippen molar-refractivity contribution < 1.29 is 17.9 Å². The molecule has 0 aromatic heterocycles. The molecule has 7 nitrogen and oxygen atoms in total. The molecule has 0 bridgehead atoms. The van der Waals surface area contributed by atoms with Gasteiger partial charge in [-0.2, -0.15) is 4.31 Å². The molecule has 1 heterocycles. The van der Waals surface area contributed by atoms with Gasteiger partial charge in [0.05, 0.1) is 18.1 Å². The highest BCUT2D eigenvalue weighted by atomic mass is 32.2.